The molecule has 4 rings (SSSR count). The van der Waals surface area contributed by atoms with Crippen molar-refractivity contribution in [3.05, 3.63) is 48.7 Å². The molecule has 9 nitrogen and oxygen atoms in total. The molecule has 0 amide bonds. The molecule has 0 spiro atoms. The van der Waals surface area contributed by atoms with Crippen molar-refractivity contribution in [3.63, 3.8) is 0 Å². The monoisotopic (exact) mass is 393 g/mol. The van der Waals surface area contributed by atoms with E-state index in [0.717, 1.165) is 75.5 Å². The number of guanidine groups is 1. The molecule has 0 aliphatic carbocycles. The lowest BCUT2D eigenvalue weighted by molar-refractivity contribution is 0.370. The Hall–Kier alpha value is -3.23. The number of pyridine rings is 1. The van der Waals surface area contributed by atoms with E-state index in [-0.39, 0.29) is 0 Å². The lowest BCUT2D eigenvalue weighted by Gasteiger charge is -2.36. The lowest BCUT2D eigenvalue weighted by atomic mass is 10.3. The van der Waals surface area contributed by atoms with E-state index < -0.39 is 0 Å². The zero-order valence-corrected chi connectivity index (χ0v) is 16.8. The maximum Gasteiger partial charge on any atom is 0.225 e. The molecule has 1 aliphatic heterocycles. The smallest absolute Gasteiger partial charge is 0.225 e. The number of nitrogens with zero attached hydrogens (tertiary/aromatic N) is 8. The Labute approximate surface area is 170 Å². The number of hydrogen-bond donors (Lipinski definition) is 1. The van der Waals surface area contributed by atoms with Crippen molar-refractivity contribution in [2.45, 2.75) is 19.8 Å². The third-order valence-electron chi connectivity index (χ3n) is 4.95. The van der Waals surface area contributed by atoms with Crippen molar-refractivity contribution in [2.24, 2.45) is 4.99 Å². The van der Waals surface area contributed by atoms with Crippen LogP contribution < -0.4 is 10.2 Å². The third-order valence-corrected chi connectivity index (χ3v) is 4.95. The summed E-state index contributed by atoms with van der Waals surface area (Å²) in [6, 6.07) is 7.79. The zero-order chi connectivity index (χ0) is 19.9. The van der Waals surface area contributed by atoms with Gasteiger partial charge in [-0.3, -0.25) is 9.39 Å². The van der Waals surface area contributed by atoms with E-state index in [0.29, 0.717) is 0 Å². The summed E-state index contributed by atoms with van der Waals surface area (Å²) >= 11 is 0. The molecule has 3 aromatic rings. The molecule has 0 radical (unpaired) electrons. The van der Waals surface area contributed by atoms with Gasteiger partial charge in [0.1, 0.15) is 5.82 Å². The number of aliphatic imine (C=N–C) groups is 1. The van der Waals surface area contributed by atoms with Crippen LogP contribution in [0.3, 0.4) is 0 Å². The van der Waals surface area contributed by atoms with Crippen LogP contribution in [0.15, 0.2) is 47.8 Å². The largest absolute Gasteiger partial charge is 0.357 e. The predicted molar refractivity (Wildman–Crippen MR) is 113 cm³/mol. The van der Waals surface area contributed by atoms with E-state index >= 15 is 0 Å². The highest BCUT2D eigenvalue weighted by atomic mass is 15.4. The van der Waals surface area contributed by atoms with Crippen molar-refractivity contribution in [1.82, 2.24) is 34.8 Å². The van der Waals surface area contributed by atoms with Gasteiger partial charge in [-0.25, -0.2) is 9.97 Å². The Balaban J connectivity index is 1.31. The average Bonchev–Trinajstić information content (AvgIpc) is 3.20. The van der Waals surface area contributed by atoms with Gasteiger partial charge in [-0.05, 0) is 31.5 Å². The average molecular weight is 393 g/mol. The molecule has 3 aromatic heterocycles. The zero-order valence-electron chi connectivity index (χ0n) is 16.8. The van der Waals surface area contributed by atoms with Crippen molar-refractivity contribution in [3.8, 4) is 0 Å². The SMILES string of the molecule is CCNC(=NCCCc1nnc2ccccn12)N1CCN(c2ncccn2)CC1. The molecule has 0 aromatic carbocycles. The first-order valence-corrected chi connectivity index (χ1v) is 10.2. The van der Waals surface area contributed by atoms with Crippen LogP contribution in [0.4, 0.5) is 5.95 Å². The van der Waals surface area contributed by atoms with E-state index in [2.05, 4.69) is 42.2 Å². The molecule has 4 heterocycles. The van der Waals surface area contributed by atoms with E-state index in [4.69, 9.17) is 4.99 Å². The Kier molecular flexibility index (Phi) is 6.13. The van der Waals surface area contributed by atoms with Crippen molar-refractivity contribution >= 4 is 17.6 Å². The van der Waals surface area contributed by atoms with Crippen LogP contribution >= 0.6 is 0 Å². The number of aromatic nitrogens is 5. The van der Waals surface area contributed by atoms with Crippen molar-refractivity contribution < 1.29 is 0 Å². The Morgan fingerprint density at radius 1 is 1.07 bits per heavy atom. The molecule has 152 valence electrons. The number of anilines is 1. The summed E-state index contributed by atoms with van der Waals surface area (Å²) in [6.07, 6.45) is 7.38. The highest BCUT2D eigenvalue weighted by molar-refractivity contribution is 5.80. The van der Waals surface area contributed by atoms with Gasteiger partial charge in [-0.1, -0.05) is 6.07 Å². The molecule has 0 unspecified atom stereocenters. The molecule has 0 bridgehead atoms. The predicted octanol–water partition coefficient (Wildman–Crippen LogP) is 1.24. The van der Waals surface area contributed by atoms with Gasteiger partial charge in [0.15, 0.2) is 11.6 Å². The van der Waals surface area contributed by atoms with Crippen LogP contribution in [0.25, 0.3) is 5.65 Å². The van der Waals surface area contributed by atoms with Gasteiger partial charge in [0.05, 0.1) is 0 Å². The number of nitrogens with one attached hydrogen (secondary N) is 1. The second-order valence-corrected chi connectivity index (χ2v) is 6.91. The van der Waals surface area contributed by atoms with Crippen molar-refractivity contribution in [1.29, 1.82) is 0 Å². The van der Waals surface area contributed by atoms with Gasteiger partial charge >= 0.3 is 0 Å². The standard InChI is InChI=1S/C20H27N9/c1-2-21-19(27-13-15-28(16-14-27)20-23-10-6-11-24-20)22-9-5-8-18-26-25-17-7-3-4-12-29(17)18/h3-4,6-7,10-12H,2,5,8-9,13-16H2,1H3,(H,21,22). The number of hydrogen-bond acceptors (Lipinski definition) is 6. The lowest BCUT2D eigenvalue weighted by Crippen LogP contribution is -2.53. The fourth-order valence-corrected chi connectivity index (χ4v) is 3.48. The minimum Gasteiger partial charge on any atom is -0.357 e. The molecule has 1 aliphatic rings. The first-order chi connectivity index (χ1) is 14.3. The number of rotatable bonds is 6. The molecule has 0 saturated carbocycles. The van der Waals surface area contributed by atoms with Gasteiger partial charge in [-0.15, -0.1) is 10.2 Å². The maximum absolute atomic E-state index is 4.84. The van der Waals surface area contributed by atoms with E-state index in [1.165, 1.54) is 0 Å². The van der Waals surface area contributed by atoms with E-state index in [9.17, 15) is 0 Å². The Bertz CT molecular complexity index is 929. The van der Waals surface area contributed by atoms with Gasteiger partial charge in [0.25, 0.3) is 0 Å². The summed E-state index contributed by atoms with van der Waals surface area (Å²) in [6.45, 7) is 7.30. The van der Waals surface area contributed by atoms with Crippen LogP contribution in [0.5, 0.6) is 0 Å². The minimum absolute atomic E-state index is 0.756. The van der Waals surface area contributed by atoms with Gasteiger partial charge in [0.2, 0.25) is 5.95 Å². The molecule has 1 fully saturated rings. The summed E-state index contributed by atoms with van der Waals surface area (Å²) in [5.41, 5.74) is 0.889. The van der Waals surface area contributed by atoms with Gasteiger partial charge in [-0.2, -0.15) is 0 Å². The van der Waals surface area contributed by atoms with E-state index in [1.54, 1.807) is 12.4 Å². The highest BCUT2D eigenvalue weighted by Gasteiger charge is 2.20. The number of fused-ring (bicyclic) bond motifs is 1. The second kappa shape index (κ2) is 9.31. The Morgan fingerprint density at radius 3 is 2.69 bits per heavy atom. The maximum atomic E-state index is 4.84. The molecule has 0 atom stereocenters. The summed E-state index contributed by atoms with van der Waals surface area (Å²) < 4.78 is 2.04. The highest BCUT2D eigenvalue weighted by Crippen LogP contribution is 2.10. The quantitative estimate of drug-likeness (QED) is 0.383. The normalized spacial score (nSPS) is 15.1. The third kappa shape index (κ3) is 4.61. The van der Waals surface area contributed by atoms with Crippen LogP contribution in [-0.2, 0) is 6.42 Å². The van der Waals surface area contributed by atoms with Gasteiger partial charge in [0, 0.05) is 64.3 Å². The number of aryl methyl sites for hydroxylation is 1. The Morgan fingerprint density at radius 2 is 1.90 bits per heavy atom. The second-order valence-electron chi connectivity index (χ2n) is 6.91. The van der Waals surface area contributed by atoms with Crippen LogP contribution in [0.2, 0.25) is 0 Å². The number of piperazine rings is 1. The van der Waals surface area contributed by atoms with Crippen molar-refractivity contribution in [2.75, 3.05) is 44.2 Å². The molecule has 29 heavy (non-hydrogen) atoms. The van der Waals surface area contributed by atoms with Crippen LogP contribution in [-0.4, -0.2) is 74.7 Å². The first-order valence-electron chi connectivity index (χ1n) is 10.2. The molecular formula is C20H27N9. The molecule has 1 saturated heterocycles. The summed E-state index contributed by atoms with van der Waals surface area (Å²) in [5.74, 6) is 2.76. The summed E-state index contributed by atoms with van der Waals surface area (Å²) in [4.78, 5) is 18.1. The topological polar surface area (TPSA) is 86.8 Å². The van der Waals surface area contributed by atoms with Crippen LogP contribution in [0, 0.1) is 0 Å². The fraction of sp³-hybridized carbons (Fsp3) is 0.450. The van der Waals surface area contributed by atoms with Gasteiger partial charge < -0.3 is 15.1 Å². The summed E-state index contributed by atoms with van der Waals surface area (Å²) in [7, 11) is 0. The molecular weight excluding hydrogens is 366 g/mol. The van der Waals surface area contributed by atoms with E-state index in [1.807, 2.05) is 34.9 Å². The minimum atomic E-state index is 0.756. The first kappa shape index (κ1) is 19.1. The summed E-state index contributed by atoms with van der Waals surface area (Å²) in [5, 5.41) is 11.9. The molecule has 9 heteroatoms. The van der Waals surface area contributed by atoms with Crippen LogP contribution in [0.1, 0.15) is 19.2 Å². The molecule has 1 N–H and O–H groups in total. The fourth-order valence-electron chi connectivity index (χ4n) is 3.48.